The maximum Gasteiger partial charge on any atom is 0.231 e. The maximum absolute atomic E-state index is 12.5. The number of carbonyl (C=O) groups is 2. The van der Waals surface area contributed by atoms with Crippen molar-refractivity contribution in [1.29, 1.82) is 0 Å². The number of likely N-dealkylation sites (tertiary alicyclic amines) is 1. The van der Waals surface area contributed by atoms with Crippen molar-refractivity contribution in [3.05, 3.63) is 12.3 Å². The molecule has 1 heterocycles. The Kier molecular flexibility index (Phi) is 3.89. The normalized spacial score (nSPS) is 19.4. The molecule has 0 unspecified atom stereocenters. The lowest BCUT2D eigenvalue weighted by Gasteiger charge is -2.42. The largest absolute Gasteiger partial charge is 0.375 e. The van der Waals surface area contributed by atoms with Crippen LogP contribution in [0.1, 0.15) is 40.5 Å². The molecule has 0 bridgehead atoms. The van der Waals surface area contributed by atoms with Crippen LogP contribution in [0, 0.1) is 10.8 Å². The number of nitrogens with zero attached hydrogens (tertiary/aromatic N) is 1. The fourth-order valence-corrected chi connectivity index (χ4v) is 2.57. The second kappa shape index (κ2) is 4.75. The fraction of sp³-hybridized carbons (Fsp3) is 0.714. The average Bonchev–Trinajstić information content (AvgIpc) is 2.26. The number of hydrogen-bond donors (Lipinski definition) is 1. The van der Waals surface area contributed by atoms with E-state index < -0.39 is 16.7 Å². The number of piperidine rings is 1. The van der Waals surface area contributed by atoms with E-state index >= 15 is 0 Å². The average molecular weight is 252 g/mol. The molecule has 18 heavy (non-hydrogen) atoms. The quantitative estimate of drug-likeness (QED) is 0.778. The molecular weight excluding hydrogens is 228 g/mol. The van der Waals surface area contributed by atoms with Crippen molar-refractivity contribution in [2.24, 2.45) is 16.6 Å². The second-order valence-corrected chi connectivity index (χ2v) is 6.25. The summed E-state index contributed by atoms with van der Waals surface area (Å²) in [4.78, 5) is 26.4. The zero-order valence-corrected chi connectivity index (χ0v) is 11.9. The molecule has 4 nitrogen and oxygen atoms in total. The van der Waals surface area contributed by atoms with Gasteiger partial charge in [-0.3, -0.25) is 9.59 Å². The molecule has 1 rings (SSSR count). The van der Waals surface area contributed by atoms with Gasteiger partial charge in [-0.2, -0.15) is 0 Å². The molecule has 0 spiro atoms. The zero-order valence-electron chi connectivity index (χ0n) is 11.9. The predicted molar refractivity (Wildman–Crippen MR) is 71.7 cm³/mol. The topological polar surface area (TPSA) is 63.4 Å². The third kappa shape index (κ3) is 2.57. The highest BCUT2D eigenvalue weighted by atomic mass is 16.2. The lowest BCUT2D eigenvalue weighted by molar-refractivity contribution is -0.148. The molecule has 4 heteroatoms. The number of primary amides is 1. The number of amides is 1. The van der Waals surface area contributed by atoms with E-state index in [2.05, 4.69) is 11.5 Å². The van der Waals surface area contributed by atoms with Crippen LogP contribution in [0.25, 0.3) is 0 Å². The molecule has 2 N–H and O–H groups in total. The minimum Gasteiger partial charge on any atom is -0.375 e. The van der Waals surface area contributed by atoms with Crippen LogP contribution in [-0.2, 0) is 9.59 Å². The molecule has 1 aliphatic rings. The predicted octanol–water partition coefficient (Wildman–Crippen LogP) is 1.70. The molecule has 0 aromatic heterocycles. The Hall–Kier alpha value is -1.32. The number of nitrogens with two attached hydrogens (primary N) is 1. The van der Waals surface area contributed by atoms with Gasteiger partial charge in [0, 0.05) is 24.2 Å². The van der Waals surface area contributed by atoms with Gasteiger partial charge in [-0.1, -0.05) is 27.4 Å². The van der Waals surface area contributed by atoms with Crippen molar-refractivity contribution in [2.75, 3.05) is 13.1 Å². The number of carbonyl (C=O) groups excluding carboxylic acids is 2. The van der Waals surface area contributed by atoms with Gasteiger partial charge in [0.1, 0.15) is 5.41 Å². The molecule has 0 aromatic carbocycles. The first-order chi connectivity index (χ1) is 8.11. The molecule has 0 saturated carbocycles. The molecule has 0 aromatic rings. The monoisotopic (exact) mass is 252 g/mol. The summed E-state index contributed by atoms with van der Waals surface area (Å²) in [6, 6.07) is 0. The summed E-state index contributed by atoms with van der Waals surface area (Å²) >= 11 is 0. The van der Waals surface area contributed by atoms with Crippen LogP contribution in [0.3, 0.4) is 0 Å². The van der Waals surface area contributed by atoms with E-state index in [4.69, 9.17) is 5.73 Å². The van der Waals surface area contributed by atoms with E-state index in [9.17, 15) is 9.59 Å². The van der Waals surface area contributed by atoms with Crippen molar-refractivity contribution >= 4 is 11.7 Å². The zero-order chi connectivity index (χ0) is 14.1. The second-order valence-electron chi connectivity index (χ2n) is 6.25. The Morgan fingerprint density at radius 2 is 1.67 bits per heavy atom. The molecule has 1 fully saturated rings. The van der Waals surface area contributed by atoms with E-state index in [0.29, 0.717) is 25.9 Å². The van der Waals surface area contributed by atoms with Gasteiger partial charge in [-0.15, -0.1) is 0 Å². The van der Waals surface area contributed by atoms with Crippen molar-refractivity contribution in [1.82, 2.24) is 4.90 Å². The smallest absolute Gasteiger partial charge is 0.231 e. The van der Waals surface area contributed by atoms with Crippen LogP contribution in [0.4, 0.5) is 0 Å². The van der Waals surface area contributed by atoms with Crippen molar-refractivity contribution in [3.63, 3.8) is 0 Å². The van der Waals surface area contributed by atoms with Crippen molar-refractivity contribution in [2.45, 2.75) is 40.5 Å². The summed E-state index contributed by atoms with van der Waals surface area (Å²) in [6.07, 6.45) is 0.983. The van der Waals surface area contributed by atoms with Crippen LogP contribution >= 0.6 is 0 Å². The van der Waals surface area contributed by atoms with E-state index in [-0.39, 0.29) is 5.78 Å². The number of hydrogen-bond acceptors (Lipinski definition) is 3. The van der Waals surface area contributed by atoms with Crippen LogP contribution in [0.5, 0.6) is 0 Å². The Labute approximate surface area is 109 Å². The highest BCUT2D eigenvalue weighted by molar-refractivity contribution is 6.07. The van der Waals surface area contributed by atoms with Gasteiger partial charge in [-0.25, -0.2) is 0 Å². The first kappa shape index (κ1) is 14.7. The highest BCUT2D eigenvalue weighted by Gasteiger charge is 2.49. The first-order valence-electron chi connectivity index (χ1n) is 6.36. The number of rotatable bonds is 3. The van der Waals surface area contributed by atoms with Gasteiger partial charge in [0.2, 0.25) is 5.91 Å². The van der Waals surface area contributed by atoms with E-state index in [1.165, 1.54) is 0 Å². The van der Waals surface area contributed by atoms with E-state index in [0.717, 1.165) is 5.70 Å². The Balaban J connectivity index is 2.97. The van der Waals surface area contributed by atoms with Crippen LogP contribution in [0.15, 0.2) is 12.3 Å². The summed E-state index contributed by atoms with van der Waals surface area (Å²) in [5.74, 6) is -0.521. The van der Waals surface area contributed by atoms with Crippen LogP contribution < -0.4 is 5.73 Å². The molecule has 1 aliphatic heterocycles. The summed E-state index contributed by atoms with van der Waals surface area (Å²) < 4.78 is 0. The van der Waals surface area contributed by atoms with Gasteiger partial charge in [0.15, 0.2) is 5.78 Å². The van der Waals surface area contributed by atoms with Gasteiger partial charge in [-0.05, 0) is 19.8 Å². The molecular formula is C14H24N2O2. The van der Waals surface area contributed by atoms with Crippen molar-refractivity contribution < 1.29 is 9.59 Å². The van der Waals surface area contributed by atoms with E-state index in [1.54, 1.807) is 0 Å². The molecule has 102 valence electrons. The molecule has 0 atom stereocenters. The molecule has 0 aliphatic carbocycles. The van der Waals surface area contributed by atoms with Crippen LogP contribution in [-0.4, -0.2) is 29.7 Å². The molecule has 1 amide bonds. The Morgan fingerprint density at radius 1 is 1.22 bits per heavy atom. The third-order valence-electron chi connectivity index (χ3n) is 3.74. The van der Waals surface area contributed by atoms with Crippen molar-refractivity contribution in [3.8, 4) is 0 Å². The van der Waals surface area contributed by atoms with Gasteiger partial charge in [0.25, 0.3) is 0 Å². The number of allylic oxidation sites excluding steroid dienone is 1. The molecule has 1 saturated heterocycles. The third-order valence-corrected chi connectivity index (χ3v) is 3.74. The minimum atomic E-state index is -0.996. The summed E-state index contributed by atoms with van der Waals surface area (Å²) in [7, 11) is 0. The summed E-state index contributed by atoms with van der Waals surface area (Å²) in [5.41, 5.74) is 4.95. The van der Waals surface area contributed by atoms with Gasteiger partial charge >= 0.3 is 0 Å². The standard InChI is InChI=1S/C14H24N2O2/c1-10(2)16-8-6-14(7-9-16,12(15)18)11(17)13(3,4)5/h1,6-9H2,2-5H3,(H2,15,18). The first-order valence-corrected chi connectivity index (χ1v) is 6.36. The maximum atomic E-state index is 12.5. The number of ketones is 1. The minimum absolute atomic E-state index is 0.0381. The van der Waals surface area contributed by atoms with Gasteiger partial charge < -0.3 is 10.6 Å². The molecule has 0 radical (unpaired) electrons. The SMILES string of the molecule is C=C(C)N1CCC(C(N)=O)(C(=O)C(C)(C)C)CC1. The summed E-state index contributed by atoms with van der Waals surface area (Å²) in [6.45, 7) is 12.7. The number of Topliss-reactive ketones (excluding diaryl/α,β-unsaturated/α-hetero) is 1. The van der Waals surface area contributed by atoms with E-state index in [1.807, 2.05) is 27.7 Å². The highest BCUT2D eigenvalue weighted by Crippen LogP contribution is 2.39. The lowest BCUT2D eigenvalue weighted by atomic mass is 9.66. The summed E-state index contributed by atoms with van der Waals surface area (Å²) in [5, 5.41) is 0. The Bertz CT molecular complexity index is 372. The van der Waals surface area contributed by atoms with Crippen LogP contribution in [0.2, 0.25) is 0 Å². The Morgan fingerprint density at radius 3 is 1.94 bits per heavy atom. The fourth-order valence-electron chi connectivity index (χ4n) is 2.57. The lowest BCUT2D eigenvalue weighted by Crippen LogP contribution is -2.54. The van der Waals surface area contributed by atoms with Gasteiger partial charge in [0.05, 0.1) is 0 Å².